The molecule has 0 amide bonds. The highest BCUT2D eigenvalue weighted by Crippen LogP contribution is 2.38. The SMILES string of the molecule is CNc1nc(N2CCC(C(C)(C)C)C2)c(Cl)cc1Cl. The van der Waals surface area contributed by atoms with Crippen molar-refractivity contribution in [2.24, 2.45) is 11.3 Å². The van der Waals surface area contributed by atoms with Crippen LogP contribution in [0.5, 0.6) is 0 Å². The third kappa shape index (κ3) is 3.09. The van der Waals surface area contributed by atoms with Crippen LogP contribution < -0.4 is 10.2 Å². The van der Waals surface area contributed by atoms with Crippen molar-refractivity contribution in [3.63, 3.8) is 0 Å². The fourth-order valence-corrected chi connectivity index (χ4v) is 3.09. The Balaban J connectivity index is 2.24. The molecule has 1 N–H and O–H groups in total. The molecule has 2 heterocycles. The van der Waals surface area contributed by atoms with E-state index in [4.69, 9.17) is 23.2 Å². The van der Waals surface area contributed by atoms with Crippen LogP contribution in [-0.2, 0) is 0 Å². The molecule has 1 aliphatic heterocycles. The van der Waals surface area contributed by atoms with Gasteiger partial charge in [-0.1, -0.05) is 44.0 Å². The molecule has 0 aromatic carbocycles. The first-order valence-electron chi connectivity index (χ1n) is 6.61. The standard InChI is InChI=1S/C14H21Cl2N3/c1-14(2,3)9-5-6-19(8-9)13-11(16)7-10(15)12(17-4)18-13/h7,9H,5-6,8H2,1-4H3,(H,17,18). The van der Waals surface area contributed by atoms with Crippen LogP contribution in [0.4, 0.5) is 11.6 Å². The summed E-state index contributed by atoms with van der Waals surface area (Å²) in [5.41, 5.74) is 0.319. The van der Waals surface area contributed by atoms with E-state index in [9.17, 15) is 0 Å². The van der Waals surface area contributed by atoms with E-state index in [1.54, 1.807) is 6.07 Å². The zero-order valence-corrected chi connectivity index (χ0v) is 13.4. The van der Waals surface area contributed by atoms with Gasteiger partial charge in [0.15, 0.2) is 0 Å². The van der Waals surface area contributed by atoms with Crippen LogP contribution in [0.3, 0.4) is 0 Å². The van der Waals surface area contributed by atoms with Crippen LogP contribution in [0.25, 0.3) is 0 Å². The van der Waals surface area contributed by atoms with E-state index in [1.165, 1.54) is 6.42 Å². The third-order valence-corrected chi connectivity index (χ3v) is 4.43. The molecular formula is C14H21Cl2N3. The predicted octanol–water partition coefficient (Wildman–Crippen LogP) is 4.30. The van der Waals surface area contributed by atoms with Gasteiger partial charge in [-0.15, -0.1) is 0 Å². The minimum Gasteiger partial charge on any atom is -0.372 e. The molecule has 0 aliphatic carbocycles. The van der Waals surface area contributed by atoms with E-state index in [0.29, 0.717) is 27.2 Å². The molecule has 1 aromatic heterocycles. The maximum atomic E-state index is 6.28. The van der Waals surface area contributed by atoms with Gasteiger partial charge in [0.2, 0.25) is 0 Å². The molecule has 1 saturated heterocycles. The number of hydrogen-bond donors (Lipinski definition) is 1. The van der Waals surface area contributed by atoms with Crippen LogP contribution in [0.15, 0.2) is 6.07 Å². The van der Waals surface area contributed by atoms with Gasteiger partial charge in [-0.2, -0.15) is 0 Å². The Kier molecular flexibility index (Phi) is 4.17. The largest absolute Gasteiger partial charge is 0.372 e. The highest BCUT2D eigenvalue weighted by Gasteiger charge is 2.33. The minimum absolute atomic E-state index is 0.319. The fourth-order valence-electron chi connectivity index (χ4n) is 2.51. The first kappa shape index (κ1) is 14.7. The van der Waals surface area contributed by atoms with E-state index in [-0.39, 0.29) is 0 Å². The molecule has 5 heteroatoms. The quantitative estimate of drug-likeness (QED) is 0.882. The van der Waals surface area contributed by atoms with Crippen molar-refractivity contribution in [1.29, 1.82) is 0 Å². The molecule has 0 saturated carbocycles. The van der Waals surface area contributed by atoms with Crippen LogP contribution in [0.2, 0.25) is 10.0 Å². The van der Waals surface area contributed by atoms with Crippen molar-refractivity contribution in [1.82, 2.24) is 4.98 Å². The number of aromatic nitrogens is 1. The molecule has 1 unspecified atom stereocenters. The Bertz CT molecular complexity index is 468. The van der Waals surface area contributed by atoms with Gasteiger partial charge in [0, 0.05) is 20.1 Å². The van der Waals surface area contributed by atoms with Crippen LogP contribution >= 0.6 is 23.2 Å². The Morgan fingerprint density at radius 2 is 2.00 bits per heavy atom. The molecule has 0 radical (unpaired) electrons. The highest BCUT2D eigenvalue weighted by atomic mass is 35.5. The topological polar surface area (TPSA) is 28.2 Å². The number of pyridine rings is 1. The zero-order chi connectivity index (χ0) is 14.2. The van der Waals surface area contributed by atoms with Crippen molar-refractivity contribution in [3.05, 3.63) is 16.1 Å². The lowest BCUT2D eigenvalue weighted by atomic mass is 9.80. The van der Waals surface area contributed by atoms with Gasteiger partial charge in [-0.25, -0.2) is 4.98 Å². The molecule has 1 fully saturated rings. The summed E-state index contributed by atoms with van der Waals surface area (Å²) in [7, 11) is 1.81. The number of nitrogens with zero attached hydrogens (tertiary/aromatic N) is 2. The highest BCUT2D eigenvalue weighted by molar-refractivity contribution is 6.37. The predicted molar refractivity (Wildman–Crippen MR) is 83.6 cm³/mol. The minimum atomic E-state index is 0.319. The first-order chi connectivity index (χ1) is 8.82. The Morgan fingerprint density at radius 3 is 2.53 bits per heavy atom. The van der Waals surface area contributed by atoms with E-state index >= 15 is 0 Å². The summed E-state index contributed by atoms with van der Waals surface area (Å²) in [5, 5.41) is 4.18. The van der Waals surface area contributed by atoms with Crippen molar-refractivity contribution >= 4 is 34.8 Å². The molecule has 1 aliphatic rings. The van der Waals surface area contributed by atoms with Gasteiger partial charge in [0.25, 0.3) is 0 Å². The summed E-state index contributed by atoms with van der Waals surface area (Å²) in [6.07, 6.45) is 1.18. The van der Waals surface area contributed by atoms with Crippen molar-refractivity contribution in [2.45, 2.75) is 27.2 Å². The number of hydrogen-bond acceptors (Lipinski definition) is 3. The zero-order valence-electron chi connectivity index (χ0n) is 11.9. The van der Waals surface area contributed by atoms with Gasteiger partial charge < -0.3 is 10.2 Å². The summed E-state index contributed by atoms with van der Waals surface area (Å²) in [4.78, 5) is 6.80. The molecule has 1 aromatic rings. The first-order valence-corrected chi connectivity index (χ1v) is 7.37. The fraction of sp³-hybridized carbons (Fsp3) is 0.643. The maximum Gasteiger partial charge on any atom is 0.149 e. The lowest BCUT2D eigenvalue weighted by Gasteiger charge is -2.27. The average Bonchev–Trinajstić information content (AvgIpc) is 2.78. The van der Waals surface area contributed by atoms with Crippen LogP contribution in [0, 0.1) is 11.3 Å². The number of halogens is 2. The van der Waals surface area contributed by atoms with Crippen molar-refractivity contribution in [3.8, 4) is 0 Å². The molecule has 0 spiro atoms. The maximum absolute atomic E-state index is 6.28. The smallest absolute Gasteiger partial charge is 0.149 e. The summed E-state index contributed by atoms with van der Waals surface area (Å²) >= 11 is 12.4. The summed E-state index contributed by atoms with van der Waals surface area (Å²) in [5.74, 6) is 2.18. The Morgan fingerprint density at radius 1 is 1.32 bits per heavy atom. The molecule has 106 valence electrons. The summed E-state index contributed by atoms with van der Waals surface area (Å²) in [6, 6.07) is 1.77. The van der Waals surface area contributed by atoms with Crippen molar-refractivity contribution in [2.75, 3.05) is 30.4 Å². The monoisotopic (exact) mass is 301 g/mol. The Hall–Kier alpha value is -0.670. The van der Waals surface area contributed by atoms with Gasteiger partial charge in [-0.3, -0.25) is 0 Å². The van der Waals surface area contributed by atoms with E-state index < -0.39 is 0 Å². The second-order valence-corrected chi connectivity index (χ2v) is 6.99. The lowest BCUT2D eigenvalue weighted by Crippen LogP contribution is -2.26. The van der Waals surface area contributed by atoms with Gasteiger partial charge >= 0.3 is 0 Å². The number of nitrogens with one attached hydrogen (secondary N) is 1. The van der Waals surface area contributed by atoms with Crippen LogP contribution in [-0.4, -0.2) is 25.1 Å². The summed E-state index contributed by atoms with van der Waals surface area (Å²) < 4.78 is 0. The third-order valence-electron chi connectivity index (χ3n) is 3.86. The van der Waals surface area contributed by atoms with Gasteiger partial charge in [-0.05, 0) is 23.8 Å². The number of rotatable bonds is 2. The van der Waals surface area contributed by atoms with E-state index in [0.717, 1.165) is 18.9 Å². The van der Waals surface area contributed by atoms with Gasteiger partial charge in [0.1, 0.15) is 11.6 Å². The van der Waals surface area contributed by atoms with Crippen molar-refractivity contribution < 1.29 is 0 Å². The molecule has 2 rings (SSSR count). The Labute approximate surface area is 125 Å². The molecule has 1 atom stereocenters. The molecular weight excluding hydrogens is 281 g/mol. The summed E-state index contributed by atoms with van der Waals surface area (Å²) in [6.45, 7) is 8.87. The lowest BCUT2D eigenvalue weighted by molar-refractivity contribution is 0.263. The second kappa shape index (κ2) is 5.37. The molecule has 19 heavy (non-hydrogen) atoms. The molecule has 0 bridgehead atoms. The normalized spacial score (nSPS) is 19.9. The van der Waals surface area contributed by atoms with Gasteiger partial charge in [0.05, 0.1) is 10.0 Å². The van der Waals surface area contributed by atoms with Crippen LogP contribution in [0.1, 0.15) is 27.2 Å². The van der Waals surface area contributed by atoms with E-state index in [1.807, 2.05) is 7.05 Å². The van der Waals surface area contributed by atoms with E-state index in [2.05, 4.69) is 36.0 Å². The average molecular weight is 302 g/mol. The molecule has 3 nitrogen and oxygen atoms in total. The number of anilines is 2. The second-order valence-electron chi connectivity index (χ2n) is 6.17.